The zero-order chi connectivity index (χ0) is 16.9. The van der Waals surface area contributed by atoms with E-state index in [2.05, 4.69) is 24.0 Å². The lowest BCUT2D eigenvalue weighted by Crippen LogP contribution is -2.49. The van der Waals surface area contributed by atoms with Crippen molar-refractivity contribution in [2.45, 2.75) is 57.8 Å². The second-order valence-corrected chi connectivity index (χ2v) is 7.01. The molecule has 1 heterocycles. The Bertz CT molecular complexity index is 522. The minimum absolute atomic E-state index is 0.0604. The lowest BCUT2D eigenvalue weighted by molar-refractivity contribution is 0.0208. The number of carbonyl (C=O) groups is 1. The number of hydrogen-bond donors (Lipinski definition) is 1. The molecule has 0 unspecified atom stereocenters. The number of hydrogen-bond acceptors (Lipinski definition) is 3. The molecule has 2 atom stereocenters. The van der Waals surface area contributed by atoms with E-state index in [1.54, 1.807) is 0 Å². The molecular weight excluding hydrogens is 288 g/mol. The maximum absolute atomic E-state index is 12.4. The number of nitrogens with zero attached hydrogens (tertiary/aromatic N) is 1. The minimum Gasteiger partial charge on any atom is -0.444 e. The number of nitrogens with one attached hydrogen (secondary N) is 1. The largest absolute Gasteiger partial charge is 0.444 e. The molecule has 23 heavy (non-hydrogen) atoms. The highest BCUT2D eigenvalue weighted by Crippen LogP contribution is 2.24. The molecule has 0 aromatic heterocycles. The van der Waals surface area contributed by atoms with Gasteiger partial charge in [0.25, 0.3) is 0 Å². The summed E-state index contributed by atoms with van der Waals surface area (Å²) in [5.74, 6) is 0. The van der Waals surface area contributed by atoms with Crippen LogP contribution in [0.4, 0.5) is 4.79 Å². The van der Waals surface area contributed by atoms with Crippen LogP contribution in [0.25, 0.3) is 0 Å². The third kappa shape index (κ3) is 5.10. The lowest BCUT2D eigenvalue weighted by Gasteiger charge is -2.32. The molecule has 1 fully saturated rings. The normalized spacial score (nSPS) is 19.4. The molecule has 4 nitrogen and oxygen atoms in total. The van der Waals surface area contributed by atoms with Crippen LogP contribution >= 0.6 is 0 Å². The van der Waals surface area contributed by atoms with Crippen LogP contribution in [-0.2, 0) is 11.3 Å². The predicted octanol–water partition coefficient (Wildman–Crippen LogP) is 3.73. The highest BCUT2D eigenvalue weighted by atomic mass is 16.6. The summed E-state index contributed by atoms with van der Waals surface area (Å²) in [6, 6.07) is 10.4. The van der Waals surface area contributed by atoms with Crippen molar-refractivity contribution >= 4 is 6.09 Å². The van der Waals surface area contributed by atoms with Gasteiger partial charge in [0.05, 0.1) is 6.04 Å². The topological polar surface area (TPSA) is 41.6 Å². The van der Waals surface area contributed by atoms with Crippen molar-refractivity contribution in [2.75, 3.05) is 6.54 Å². The SMILES string of the molecule is C=C[C@H](NCc1ccccc1)[C@@H]1CCCN1C(=O)OC(C)(C)C. The summed E-state index contributed by atoms with van der Waals surface area (Å²) in [4.78, 5) is 14.3. The fraction of sp³-hybridized carbons (Fsp3) is 0.526. The van der Waals surface area contributed by atoms with Crippen molar-refractivity contribution < 1.29 is 9.53 Å². The molecule has 1 saturated heterocycles. The quantitative estimate of drug-likeness (QED) is 0.842. The molecule has 1 amide bonds. The number of benzene rings is 1. The molecule has 1 aliphatic rings. The summed E-state index contributed by atoms with van der Waals surface area (Å²) in [7, 11) is 0. The molecule has 2 rings (SSSR count). The van der Waals surface area contributed by atoms with Crippen LogP contribution < -0.4 is 5.32 Å². The minimum atomic E-state index is -0.467. The number of amides is 1. The fourth-order valence-electron chi connectivity index (χ4n) is 2.92. The molecule has 1 aromatic carbocycles. The average Bonchev–Trinajstić information content (AvgIpc) is 2.97. The van der Waals surface area contributed by atoms with Gasteiger partial charge in [-0.3, -0.25) is 0 Å². The second kappa shape index (κ2) is 7.64. The summed E-state index contributed by atoms with van der Waals surface area (Å²) in [5.41, 5.74) is 0.756. The van der Waals surface area contributed by atoms with Gasteiger partial charge < -0.3 is 15.0 Å². The summed E-state index contributed by atoms with van der Waals surface area (Å²) < 4.78 is 5.53. The summed E-state index contributed by atoms with van der Waals surface area (Å²) in [6.45, 7) is 11.1. The number of rotatable bonds is 5. The maximum atomic E-state index is 12.4. The van der Waals surface area contributed by atoms with Gasteiger partial charge in [-0.2, -0.15) is 0 Å². The third-order valence-corrected chi connectivity index (χ3v) is 3.98. The Balaban J connectivity index is 1.98. The molecule has 4 heteroatoms. The van der Waals surface area contributed by atoms with Gasteiger partial charge >= 0.3 is 6.09 Å². The van der Waals surface area contributed by atoms with E-state index >= 15 is 0 Å². The Morgan fingerprint density at radius 2 is 2.13 bits per heavy atom. The molecule has 1 N–H and O–H groups in total. The Kier molecular flexibility index (Phi) is 5.83. The molecule has 0 aliphatic carbocycles. The van der Waals surface area contributed by atoms with Crippen molar-refractivity contribution in [3.8, 4) is 0 Å². The zero-order valence-electron chi connectivity index (χ0n) is 14.4. The first-order chi connectivity index (χ1) is 10.9. The first kappa shape index (κ1) is 17.5. The van der Waals surface area contributed by atoms with Crippen LogP contribution in [0.3, 0.4) is 0 Å². The Morgan fingerprint density at radius 3 is 2.74 bits per heavy atom. The first-order valence-electron chi connectivity index (χ1n) is 8.30. The number of carbonyl (C=O) groups excluding carboxylic acids is 1. The van der Waals surface area contributed by atoms with E-state index < -0.39 is 5.60 Å². The van der Waals surface area contributed by atoms with E-state index in [-0.39, 0.29) is 18.2 Å². The highest BCUT2D eigenvalue weighted by Gasteiger charge is 2.35. The highest BCUT2D eigenvalue weighted by molar-refractivity contribution is 5.69. The van der Waals surface area contributed by atoms with Crippen LogP contribution in [0.2, 0.25) is 0 Å². The van der Waals surface area contributed by atoms with Gasteiger partial charge in [0.2, 0.25) is 0 Å². The van der Waals surface area contributed by atoms with Crippen LogP contribution in [0.15, 0.2) is 43.0 Å². The van der Waals surface area contributed by atoms with Crippen LogP contribution in [-0.4, -0.2) is 35.2 Å². The molecule has 0 bridgehead atoms. The average molecular weight is 316 g/mol. The molecular formula is C19H28N2O2. The molecule has 126 valence electrons. The van der Waals surface area contributed by atoms with Gasteiger partial charge in [0.15, 0.2) is 0 Å². The van der Waals surface area contributed by atoms with Crippen LogP contribution in [0, 0.1) is 0 Å². The van der Waals surface area contributed by atoms with Crippen molar-refractivity contribution in [1.82, 2.24) is 10.2 Å². The molecule has 0 radical (unpaired) electrons. The van der Waals surface area contributed by atoms with E-state index in [1.807, 2.05) is 49.9 Å². The van der Waals surface area contributed by atoms with Gasteiger partial charge in [-0.25, -0.2) is 4.79 Å². The van der Waals surface area contributed by atoms with Gasteiger partial charge in [-0.1, -0.05) is 36.4 Å². The van der Waals surface area contributed by atoms with Gasteiger partial charge in [-0.05, 0) is 39.2 Å². The van der Waals surface area contributed by atoms with Crippen LogP contribution in [0.5, 0.6) is 0 Å². The van der Waals surface area contributed by atoms with Gasteiger partial charge in [0, 0.05) is 19.1 Å². The summed E-state index contributed by atoms with van der Waals surface area (Å²) in [6.07, 6.45) is 3.64. The molecule has 0 saturated carbocycles. The standard InChI is InChI=1S/C19H28N2O2/c1-5-16(20-14-15-10-7-6-8-11-15)17-12-9-13-21(17)18(22)23-19(2,3)4/h5-8,10-11,16-17,20H,1,9,12-14H2,2-4H3/t16-,17-/m0/s1. The van der Waals surface area contributed by atoms with Crippen molar-refractivity contribution in [1.29, 1.82) is 0 Å². The fourth-order valence-corrected chi connectivity index (χ4v) is 2.92. The van der Waals surface area contributed by atoms with Gasteiger partial charge in [-0.15, -0.1) is 6.58 Å². The van der Waals surface area contributed by atoms with Crippen molar-refractivity contribution in [3.63, 3.8) is 0 Å². The van der Waals surface area contributed by atoms with E-state index in [4.69, 9.17) is 4.74 Å². The molecule has 0 spiro atoms. The van der Waals surface area contributed by atoms with E-state index in [9.17, 15) is 4.79 Å². The van der Waals surface area contributed by atoms with Crippen LogP contribution in [0.1, 0.15) is 39.2 Å². The molecule has 1 aliphatic heterocycles. The third-order valence-electron chi connectivity index (χ3n) is 3.98. The van der Waals surface area contributed by atoms with Gasteiger partial charge in [0.1, 0.15) is 5.60 Å². The van der Waals surface area contributed by atoms with E-state index in [0.29, 0.717) is 0 Å². The lowest BCUT2D eigenvalue weighted by atomic mass is 10.1. The molecule has 1 aromatic rings. The number of ether oxygens (including phenoxy) is 1. The van der Waals surface area contributed by atoms with Crippen molar-refractivity contribution in [3.05, 3.63) is 48.6 Å². The first-order valence-corrected chi connectivity index (χ1v) is 8.30. The zero-order valence-corrected chi connectivity index (χ0v) is 14.4. The smallest absolute Gasteiger partial charge is 0.410 e. The Hall–Kier alpha value is -1.81. The summed E-state index contributed by atoms with van der Waals surface area (Å²) in [5, 5.41) is 3.51. The van der Waals surface area contributed by atoms with E-state index in [1.165, 1.54) is 5.56 Å². The number of likely N-dealkylation sites (tertiary alicyclic amines) is 1. The maximum Gasteiger partial charge on any atom is 0.410 e. The van der Waals surface area contributed by atoms with Crippen molar-refractivity contribution in [2.24, 2.45) is 0 Å². The second-order valence-electron chi connectivity index (χ2n) is 7.01. The Labute approximate surface area is 139 Å². The summed E-state index contributed by atoms with van der Waals surface area (Å²) >= 11 is 0. The Morgan fingerprint density at radius 1 is 1.43 bits per heavy atom. The van der Waals surface area contributed by atoms with E-state index in [0.717, 1.165) is 25.9 Å². The monoisotopic (exact) mass is 316 g/mol. The predicted molar refractivity (Wildman–Crippen MR) is 93.2 cm³/mol.